The van der Waals surface area contributed by atoms with E-state index in [9.17, 15) is 9.59 Å². The Kier molecular flexibility index (Phi) is 5.40. The van der Waals surface area contributed by atoms with Crippen LogP contribution in [-0.4, -0.2) is 17.0 Å². The zero-order valence-electron chi connectivity index (χ0n) is 15.5. The van der Waals surface area contributed by atoms with Crippen LogP contribution in [0.5, 0.6) is 0 Å². The number of carbonyl (C=O) groups excluding carboxylic acids is 2. The van der Waals surface area contributed by atoms with Crippen LogP contribution in [0.15, 0.2) is 28.8 Å². The summed E-state index contributed by atoms with van der Waals surface area (Å²) in [5.74, 6) is 0.971. The van der Waals surface area contributed by atoms with Crippen LogP contribution in [0.25, 0.3) is 0 Å². The first-order chi connectivity index (χ1) is 12.4. The topological polar surface area (TPSA) is 84.2 Å². The molecule has 1 fully saturated rings. The Labute approximate surface area is 153 Å². The molecule has 2 N–H and O–H groups in total. The third kappa shape index (κ3) is 4.12. The van der Waals surface area contributed by atoms with Crippen molar-refractivity contribution in [3.8, 4) is 0 Å². The van der Waals surface area contributed by atoms with Gasteiger partial charge in [-0.05, 0) is 57.6 Å². The molecule has 1 aliphatic carbocycles. The highest BCUT2D eigenvalue weighted by Crippen LogP contribution is 2.31. The number of nitrogens with one attached hydrogen (secondary N) is 2. The van der Waals surface area contributed by atoms with Crippen molar-refractivity contribution in [3.63, 3.8) is 0 Å². The first kappa shape index (κ1) is 18.2. The van der Waals surface area contributed by atoms with Crippen molar-refractivity contribution in [3.05, 3.63) is 41.2 Å². The molecule has 1 aromatic carbocycles. The smallest absolute Gasteiger partial charge is 0.228 e. The Bertz CT molecular complexity index is 784. The fourth-order valence-electron chi connectivity index (χ4n) is 3.51. The summed E-state index contributed by atoms with van der Waals surface area (Å²) in [6, 6.07) is 7.67. The van der Waals surface area contributed by atoms with Gasteiger partial charge in [-0.3, -0.25) is 9.59 Å². The number of carbonyl (C=O) groups is 2. The van der Waals surface area contributed by atoms with E-state index in [0.29, 0.717) is 37.3 Å². The second-order valence-electron chi connectivity index (χ2n) is 7.12. The minimum Gasteiger partial charge on any atom is -0.360 e. The van der Waals surface area contributed by atoms with Gasteiger partial charge in [0.1, 0.15) is 5.76 Å². The van der Waals surface area contributed by atoms with E-state index in [-0.39, 0.29) is 23.7 Å². The Morgan fingerprint density at radius 3 is 2.00 bits per heavy atom. The van der Waals surface area contributed by atoms with Crippen molar-refractivity contribution in [2.45, 2.75) is 46.5 Å². The molecule has 1 aliphatic rings. The summed E-state index contributed by atoms with van der Waals surface area (Å²) in [5, 5.41) is 9.65. The normalized spacial score (nSPS) is 19.8. The SMILES string of the molecule is Cc1cc(NC(=O)C2CCC(C(=O)Nc3c(C)cccc3C)CC2)no1. The average Bonchev–Trinajstić information content (AvgIpc) is 3.03. The van der Waals surface area contributed by atoms with Gasteiger partial charge in [0, 0.05) is 23.6 Å². The van der Waals surface area contributed by atoms with Crippen molar-refractivity contribution in [1.82, 2.24) is 5.16 Å². The lowest BCUT2D eigenvalue weighted by molar-refractivity contribution is -0.125. The van der Waals surface area contributed by atoms with Gasteiger partial charge in [0.15, 0.2) is 5.82 Å². The molecular formula is C20H25N3O3. The van der Waals surface area contributed by atoms with E-state index in [1.807, 2.05) is 32.0 Å². The zero-order valence-corrected chi connectivity index (χ0v) is 15.5. The van der Waals surface area contributed by atoms with Crippen LogP contribution in [0.2, 0.25) is 0 Å². The van der Waals surface area contributed by atoms with Gasteiger partial charge < -0.3 is 15.2 Å². The van der Waals surface area contributed by atoms with Crippen molar-refractivity contribution >= 4 is 23.3 Å². The van der Waals surface area contributed by atoms with Gasteiger partial charge in [-0.1, -0.05) is 23.4 Å². The minimum atomic E-state index is -0.0868. The maximum absolute atomic E-state index is 12.6. The van der Waals surface area contributed by atoms with E-state index < -0.39 is 0 Å². The van der Waals surface area contributed by atoms with Crippen LogP contribution < -0.4 is 10.6 Å². The summed E-state index contributed by atoms with van der Waals surface area (Å²) in [6.07, 6.45) is 2.83. The van der Waals surface area contributed by atoms with Crippen LogP contribution in [0, 0.1) is 32.6 Å². The van der Waals surface area contributed by atoms with E-state index in [2.05, 4.69) is 15.8 Å². The van der Waals surface area contributed by atoms with Gasteiger partial charge >= 0.3 is 0 Å². The lowest BCUT2D eigenvalue weighted by Gasteiger charge is -2.27. The summed E-state index contributed by atoms with van der Waals surface area (Å²) < 4.78 is 4.96. The van der Waals surface area contributed by atoms with Crippen LogP contribution in [0.4, 0.5) is 11.5 Å². The molecule has 3 rings (SSSR count). The molecule has 2 aromatic rings. The monoisotopic (exact) mass is 355 g/mol. The molecule has 0 spiro atoms. The number of amides is 2. The number of aryl methyl sites for hydroxylation is 3. The standard InChI is InChI=1S/C20H25N3O3/c1-12-5-4-6-13(2)18(12)22-20(25)16-9-7-15(8-10-16)19(24)21-17-11-14(3)26-23-17/h4-6,11,15-16H,7-10H2,1-3H3,(H,22,25)(H,21,23,24). The van der Waals surface area contributed by atoms with Gasteiger partial charge in [-0.2, -0.15) is 0 Å². The van der Waals surface area contributed by atoms with Crippen molar-refractivity contribution in [2.75, 3.05) is 10.6 Å². The van der Waals surface area contributed by atoms with Crippen LogP contribution >= 0.6 is 0 Å². The molecule has 0 unspecified atom stereocenters. The first-order valence-corrected chi connectivity index (χ1v) is 9.05. The summed E-state index contributed by atoms with van der Waals surface area (Å²) in [6.45, 7) is 5.77. The molecule has 1 aromatic heterocycles. The molecule has 138 valence electrons. The highest BCUT2D eigenvalue weighted by molar-refractivity contribution is 5.95. The van der Waals surface area contributed by atoms with E-state index in [1.54, 1.807) is 13.0 Å². The number of rotatable bonds is 4. The molecular weight excluding hydrogens is 330 g/mol. The average molecular weight is 355 g/mol. The van der Waals surface area contributed by atoms with Crippen molar-refractivity contribution in [2.24, 2.45) is 11.8 Å². The van der Waals surface area contributed by atoms with Crippen molar-refractivity contribution in [1.29, 1.82) is 0 Å². The molecule has 6 heteroatoms. The Morgan fingerprint density at radius 2 is 1.50 bits per heavy atom. The maximum Gasteiger partial charge on any atom is 0.228 e. The molecule has 0 bridgehead atoms. The quantitative estimate of drug-likeness (QED) is 0.869. The zero-order chi connectivity index (χ0) is 18.7. The third-order valence-corrected chi connectivity index (χ3v) is 5.08. The molecule has 0 radical (unpaired) electrons. The van der Waals surface area contributed by atoms with Gasteiger partial charge in [0.2, 0.25) is 11.8 Å². The number of para-hydroxylation sites is 1. The summed E-state index contributed by atoms with van der Waals surface area (Å²) in [5.41, 5.74) is 3.03. The molecule has 0 aliphatic heterocycles. The molecule has 0 saturated heterocycles. The Hall–Kier alpha value is -2.63. The maximum atomic E-state index is 12.6. The highest BCUT2D eigenvalue weighted by Gasteiger charge is 2.30. The van der Waals surface area contributed by atoms with Gasteiger partial charge in [0.05, 0.1) is 0 Å². The highest BCUT2D eigenvalue weighted by atomic mass is 16.5. The predicted octanol–water partition coefficient (Wildman–Crippen LogP) is 3.98. The van der Waals surface area contributed by atoms with Gasteiger partial charge in [-0.15, -0.1) is 0 Å². The summed E-state index contributed by atoms with van der Waals surface area (Å²) >= 11 is 0. The largest absolute Gasteiger partial charge is 0.360 e. The predicted molar refractivity (Wildman–Crippen MR) is 99.9 cm³/mol. The molecule has 1 saturated carbocycles. The number of nitrogens with zero attached hydrogens (tertiary/aromatic N) is 1. The van der Waals surface area contributed by atoms with E-state index >= 15 is 0 Å². The lowest BCUT2D eigenvalue weighted by atomic mass is 9.81. The number of benzene rings is 1. The lowest BCUT2D eigenvalue weighted by Crippen LogP contribution is -2.32. The molecule has 26 heavy (non-hydrogen) atoms. The van der Waals surface area contributed by atoms with Crippen LogP contribution in [-0.2, 0) is 9.59 Å². The Morgan fingerprint density at radius 1 is 0.962 bits per heavy atom. The molecule has 6 nitrogen and oxygen atoms in total. The molecule has 2 amide bonds. The molecule has 0 atom stereocenters. The second-order valence-corrected chi connectivity index (χ2v) is 7.12. The number of aromatic nitrogens is 1. The number of hydrogen-bond donors (Lipinski definition) is 2. The number of hydrogen-bond acceptors (Lipinski definition) is 4. The fraction of sp³-hybridized carbons (Fsp3) is 0.450. The third-order valence-electron chi connectivity index (χ3n) is 5.08. The fourth-order valence-corrected chi connectivity index (χ4v) is 3.51. The number of anilines is 2. The summed E-state index contributed by atoms with van der Waals surface area (Å²) in [4.78, 5) is 24.9. The van der Waals surface area contributed by atoms with Gasteiger partial charge in [-0.25, -0.2) is 0 Å². The summed E-state index contributed by atoms with van der Waals surface area (Å²) in [7, 11) is 0. The van der Waals surface area contributed by atoms with Crippen LogP contribution in [0.3, 0.4) is 0 Å². The van der Waals surface area contributed by atoms with Gasteiger partial charge in [0.25, 0.3) is 0 Å². The molecule has 1 heterocycles. The van der Waals surface area contributed by atoms with E-state index in [1.165, 1.54) is 0 Å². The van der Waals surface area contributed by atoms with Crippen LogP contribution in [0.1, 0.15) is 42.6 Å². The van der Waals surface area contributed by atoms with E-state index in [0.717, 1.165) is 16.8 Å². The first-order valence-electron chi connectivity index (χ1n) is 9.05. The minimum absolute atomic E-state index is 0.0487. The second kappa shape index (κ2) is 7.72. The Balaban J connectivity index is 1.53. The van der Waals surface area contributed by atoms with E-state index in [4.69, 9.17) is 4.52 Å². The van der Waals surface area contributed by atoms with Crippen molar-refractivity contribution < 1.29 is 14.1 Å².